The van der Waals surface area contributed by atoms with Gasteiger partial charge in [-0.1, -0.05) is 0 Å². The summed E-state index contributed by atoms with van der Waals surface area (Å²) in [5.41, 5.74) is 2.04. The van der Waals surface area contributed by atoms with Gasteiger partial charge in [0.05, 0.1) is 0 Å². The molecule has 7 heteroatoms. The number of carbonyl (C=O) groups is 1. The number of nitrogens with zero attached hydrogens (tertiary/aromatic N) is 3. The average Bonchev–Trinajstić information content (AvgIpc) is 2.85. The molecule has 0 bridgehead atoms. The third kappa shape index (κ3) is 3.59. The van der Waals surface area contributed by atoms with Crippen molar-refractivity contribution >= 4 is 5.91 Å². The molecule has 0 unspecified atom stereocenters. The molecule has 2 aromatic rings. The maximum absolute atomic E-state index is 12.2. The average molecular weight is 280 g/mol. The van der Waals surface area contributed by atoms with Crippen LogP contribution in [-0.4, -0.2) is 27.1 Å². The van der Waals surface area contributed by atoms with E-state index in [4.69, 9.17) is 0 Å². The smallest absolute Gasteiger partial charge is 0.272 e. The maximum atomic E-state index is 12.2. The van der Waals surface area contributed by atoms with Crippen LogP contribution in [0, 0.1) is 6.92 Å². The molecule has 0 aliphatic carbocycles. The van der Waals surface area contributed by atoms with Crippen LogP contribution in [0.1, 0.15) is 21.6 Å². The molecule has 0 saturated carbocycles. The zero-order valence-corrected chi connectivity index (χ0v) is 10.9. The Morgan fingerprint density at radius 2 is 2.25 bits per heavy atom. The number of hydrogen-bond acceptors (Lipinski definition) is 3. The minimum Gasteiger partial charge on any atom is -0.347 e. The standard InChI is InChI=1S/C13H14F2N4O/c1-9-6-16-4-2-10(9)7-17-13(20)11-3-5-19(18-11)8-12(14)15/h2-6,12H,7-8H2,1H3,(H,17,20). The Balaban J connectivity index is 1.95. The molecule has 0 atom stereocenters. The van der Waals surface area contributed by atoms with Crippen LogP contribution in [0.15, 0.2) is 30.7 Å². The van der Waals surface area contributed by atoms with E-state index in [1.807, 2.05) is 13.0 Å². The number of pyridine rings is 1. The first-order valence-corrected chi connectivity index (χ1v) is 6.05. The van der Waals surface area contributed by atoms with Crippen LogP contribution in [0.2, 0.25) is 0 Å². The lowest BCUT2D eigenvalue weighted by Gasteiger charge is -2.06. The van der Waals surface area contributed by atoms with E-state index in [1.54, 1.807) is 12.4 Å². The third-order valence-corrected chi connectivity index (χ3v) is 2.77. The van der Waals surface area contributed by atoms with Crippen LogP contribution >= 0.6 is 0 Å². The van der Waals surface area contributed by atoms with Crippen molar-refractivity contribution in [3.63, 3.8) is 0 Å². The molecular weight excluding hydrogens is 266 g/mol. The fourth-order valence-electron chi connectivity index (χ4n) is 1.69. The monoisotopic (exact) mass is 280 g/mol. The van der Waals surface area contributed by atoms with Crippen molar-refractivity contribution < 1.29 is 13.6 Å². The molecule has 0 aromatic carbocycles. The number of rotatable bonds is 5. The quantitative estimate of drug-likeness (QED) is 0.908. The van der Waals surface area contributed by atoms with E-state index in [9.17, 15) is 13.6 Å². The molecule has 5 nitrogen and oxygen atoms in total. The normalized spacial score (nSPS) is 10.8. The number of hydrogen-bond donors (Lipinski definition) is 1. The first-order chi connectivity index (χ1) is 9.56. The van der Waals surface area contributed by atoms with E-state index < -0.39 is 18.9 Å². The van der Waals surface area contributed by atoms with Gasteiger partial charge in [0.1, 0.15) is 12.2 Å². The van der Waals surface area contributed by atoms with Crippen molar-refractivity contribution in [3.8, 4) is 0 Å². The first kappa shape index (κ1) is 14.1. The molecule has 0 fully saturated rings. The maximum Gasteiger partial charge on any atom is 0.272 e. The van der Waals surface area contributed by atoms with Gasteiger partial charge in [-0.15, -0.1) is 0 Å². The summed E-state index contributed by atoms with van der Waals surface area (Å²) in [5, 5.41) is 6.49. The first-order valence-electron chi connectivity index (χ1n) is 6.05. The molecule has 2 rings (SSSR count). The second-order valence-electron chi connectivity index (χ2n) is 4.30. The number of halogens is 2. The van der Waals surface area contributed by atoms with Gasteiger partial charge >= 0.3 is 0 Å². The Labute approximate surface area is 114 Å². The molecule has 0 spiro atoms. The third-order valence-electron chi connectivity index (χ3n) is 2.77. The highest BCUT2D eigenvalue weighted by Crippen LogP contribution is 2.05. The molecule has 20 heavy (non-hydrogen) atoms. The lowest BCUT2D eigenvalue weighted by molar-refractivity contribution is 0.0940. The van der Waals surface area contributed by atoms with E-state index in [0.717, 1.165) is 15.8 Å². The Bertz CT molecular complexity index is 598. The molecule has 106 valence electrons. The Morgan fingerprint density at radius 3 is 2.95 bits per heavy atom. The van der Waals surface area contributed by atoms with Crippen molar-refractivity contribution in [1.82, 2.24) is 20.1 Å². The zero-order chi connectivity index (χ0) is 14.5. The number of aryl methyl sites for hydroxylation is 1. The van der Waals surface area contributed by atoms with E-state index in [-0.39, 0.29) is 5.69 Å². The highest BCUT2D eigenvalue weighted by Gasteiger charge is 2.11. The number of alkyl halides is 2. The molecule has 2 aromatic heterocycles. The van der Waals surface area contributed by atoms with Crippen molar-refractivity contribution in [2.45, 2.75) is 26.4 Å². The fourth-order valence-corrected chi connectivity index (χ4v) is 1.69. The summed E-state index contributed by atoms with van der Waals surface area (Å²) in [7, 11) is 0. The van der Waals surface area contributed by atoms with Crippen LogP contribution in [0.3, 0.4) is 0 Å². The van der Waals surface area contributed by atoms with Crippen molar-refractivity contribution in [3.05, 3.63) is 47.5 Å². The van der Waals surface area contributed by atoms with Crippen LogP contribution in [0.25, 0.3) is 0 Å². The number of nitrogens with one attached hydrogen (secondary N) is 1. The Hall–Kier alpha value is -2.31. The van der Waals surface area contributed by atoms with Gasteiger partial charge in [0, 0.05) is 25.1 Å². The predicted octanol–water partition coefficient (Wildman–Crippen LogP) is 1.78. The molecule has 0 aliphatic heterocycles. The Kier molecular flexibility index (Phi) is 4.39. The highest BCUT2D eigenvalue weighted by molar-refractivity contribution is 5.92. The summed E-state index contributed by atoms with van der Waals surface area (Å²) in [6.45, 7) is 1.72. The minimum atomic E-state index is -2.50. The van der Waals surface area contributed by atoms with Gasteiger partial charge in [0.2, 0.25) is 0 Å². The van der Waals surface area contributed by atoms with Gasteiger partial charge in [0.25, 0.3) is 12.3 Å². The fraction of sp³-hybridized carbons (Fsp3) is 0.308. The van der Waals surface area contributed by atoms with Gasteiger partial charge < -0.3 is 5.32 Å². The summed E-state index contributed by atoms with van der Waals surface area (Å²) in [5.74, 6) is -0.394. The summed E-state index contributed by atoms with van der Waals surface area (Å²) in [4.78, 5) is 15.8. The molecule has 0 saturated heterocycles. The molecule has 2 heterocycles. The minimum absolute atomic E-state index is 0.123. The zero-order valence-electron chi connectivity index (χ0n) is 10.9. The van der Waals surface area contributed by atoms with Gasteiger partial charge in [0.15, 0.2) is 0 Å². The van der Waals surface area contributed by atoms with E-state index in [0.29, 0.717) is 6.54 Å². The second-order valence-corrected chi connectivity index (χ2v) is 4.30. The number of amides is 1. The SMILES string of the molecule is Cc1cnccc1CNC(=O)c1ccn(CC(F)F)n1. The molecular formula is C13H14F2N4O. The van der Waals surface area contributed by atoms with Crippen molar-refractivity contribution in [2.24, 2.45) is 0 Å². The molecule has 0 aliphatic rings. The van der Waals surface area contributed by atoms with Crippen LogP contribution < -0.4 is 5.32 Å². The highest BCUT2D eigenvalue weighted by atomic mass is 19.3. The van der Waals surface area contributed by atoms with Crippen molar-refractivity contribution in [1.29, 1.82) is 0 Å². The summed E-state index contributed by atoms with van der Waals surface area (Å²) >= 11 is 0. The molecule has 1 N–H and O–H groups in total. The van der Waals surface area contributed by atoms with Gasteiger partial charge in [-0.25, -0.2) is 8.78 Å². The summed E-state index contributed by atoms with van der Waals surface area (Å²) in [6.07, 6.45) is 2.22. The van der Waals surface area contributed by atoms with Crippen molar-refractivity contribution in [2.75, 3.05) is 0 Å². The topological polar surface area (TPSA) is 59.8 Å². The predicted molar refractivity (Wildman–Crippen MR) is 68.4 cm³/mol. The van der Waals surface area contributed by atoms with E-state index in [1.165, 1.54) is 12.3 Å². The summed E-state index contributed by atoms with van der Waals surface area (Å²) < 4.78 is 25.4. The molecule has 1 amide bonds. The lowest BCUT2D eigenvalue weighted by Crippen LogP contribution is -2.24. The molecule has 0 radical (unpaired) electrons. The summed E-state index contributed by atoms with van der Waals surface area (Å²) in [6, 6.07) is 3.22. The van der Waals surface area contributed by atoms with Gasteiger partial charge in [-0.2, -0.15) is 5.10 Å². The lowest BCUT2D eigenvalue weighted by atomic mass is 10.1. The van der Waals surface area contributed by atoms with Crippen LogP contribution in [-0.2, 0) is 13.1 Å². The Morgan fingerprint density at radius 1 is 1.45 bits per heavy atom. The van der Waals surface area contributed by atoms with E-state index >= 15 is 0 Å². The van der Waals surface area contributed by atoms with Gasteiger partial charge in [-0.05, 0) is 30.2 Å². The largest absolute Gasteiger partial charge is 0.347 e. The van der Waals surface area contributed by atoms with E-state index in [2.05, 4.69) is 15.4 Å². The van der Waals surface area contributed by atoms with Gasteiger partial charge in [-0.3, -0.25) is 14.5 Å². The van der Waals surface area contributed by atoms with Crippen LogP contribution in [0.5, 0.6) is 0 Å². The number of carbonyl (C=O) groups excluding carboxylic acids is 1. The second kappa shape index (κ2) is 6.23. The van der Waals surface area contributed by atoms with Crippen LogP contribution in [0.4, 0.5) is 8.78 Å². The number of aromatic nitrogens is 3.